The summed E-state index contributed by atoms with van der Waals surface area (Å²) < 4.78 is 5.38. The van der Waals surface area contributed by atoms with Crippen molar-refractivity contribution in [3.63, 3.8) is 0 Å². The van der Waals surface area contributed by atoms with E-state index < -0.39 is 4.92 Å². The van der Waals surface area contributed by atoms with Gasteiger partial charge in [0.05, 0.1) is 11.0 Å². The third kappa shape index (κ3) is 4.15. The van der Waals surface area contributed by atoms with Crippen LogP contribution in [-0.2, 0) is 6.42 Å². The Morgan fingerprint density at radius 3 is 2.64 bits per heavy atom. The van der Waals surface area contributed by atoms with Crippen molar-refractivity contribution in [2.45, 2.75) is 26.4 Å². The van der Waals surface area contributed by atoms with Gasteiger partial charge in [-0.15, -0.1) is 0 Å². The number of nitrogens with zero attached hydrogens (tertiary/aromatic N) is 3. The minimum atomic E-state index is -0.525. The second kappa shape index (κ2) is 7.35. The molecule has 0 saturated heterocycles. The summed E-state index contributed by atoms with van der Waals surface area (Å²) in [7, 11) is 0. The Labute approximate surface area is 128 Å². The van der Waals surface area contributed by atoms with E-state index in [0.717, 1.165) is 12.0 Å². The average Bonchev–Trinajstić information content (AvgIpc) is 2.47. The van der Waals surface area contributed by atoms with Gasteiger partial charge >= 0.3 is 5.69 Å². The number of nitro groups is 1. The fourth-order valence-electron chi connectivity index (χ4n) is 1.94. The zero-order valence-corrected chi connectivity index (χ0v) is 12.5. The van der Waals surface area contributed by atoms with Crippen molar-refractivity contribution >= 4 is 11.5 Å². The van der Waals surface area contributed by atoms with Crippen LogP contribution in [0.3, 0.4) is 0 Å². The topological polar surface area (TPSA) is 90.2 Å². The summed E-state index contributed by atoms with van der Waals surface area (Å²) in [5, 5.41) is 14.2. The molecule has 0 aliphatic carbocycles. The standard InChI is InChI=1S/C15H18N4O3/c1-11(2)22-15-13(19(20)21)14(17-10-18-15)16-9-8-12-6-4-3-5-7-12/h3-7,10-11H,8-9H2,1-2H3,(H,16,17,18). The van der Waals surface area contributed by atoms with Crippen LogP contribution >= 0.6 is 0 Å². The number of nitrogens with one attached hydrogen (secondary N) is 1. The first kappa shape index (κ1) is 15.7. The van der Waals surface area contributed by atoms with Crippen LogP contribution in [0, 0.1) is 10.1 Å². The largest absolute Gasteiger partial charge is 0.470 e. The highest BCUT2D eigenvalue weighted by Crippen LogP contribution is 2.31. The number of anilines is 1. The number of ether oxygens (including phenoxy) is 1. The van der Waals surface area contributed by atoms with E-state index in [1.54, 1.807) is 13.8 Å². The molecule has 0 aliphatic rings. The fraction of sp³-hybridized carbons (Fsp3) is 0.333. The third-order valence-electron chi connectivity index (χ3n) is 2.87. The molecule has 1 aromatic carbocycles. The summed E-state index contributed by atoms with van der Waals surface area (Å²) in [6, 6.07) is 9.86. The molecule has 0 atom stereocenters. The Hall–Kier alpha value is -2.70. The molecule has 22 heavy (non-hydrogen) atoms. The first-order chi connectivity index (χ1) is 10.6. The maximum Gasteiger partial charge on any atom is 0.372 e. The van der Waals surface area contributed by atoms with Crippen molar-refractivity contribution in [1.82, 2.24) is 9.97 Å². The van der Waals surface area contributed by atoms with E-state index in [1.165, 1.54) is 6.33 Å². The van der Waals surface area contributed by atoms with E-state index in [1.807, 2.05) is 30.3 Å². The van der Waals surface area contributed by atoms with Gasteiger partial charge in [-0.3, -0.25) is 10.1 Å². The van der Waals surface area contributed by atoms with Crippen molar-refractivity contribution < 1.29 is 9.66 Å². The van der Waals surface area contributed by atoms with Gasteiger partial charge in [0, 0.05) is 6.54 Å². The van der Waals surface area contributed by atoms with Gasteiger partial charge < -0.3 is 10.1 Å². The quantitative estimate of drug-likeness (QED) is 0.624. The molecular weight excluding hydrogens is 284 g/mol. The van der Waals surface area contributed by atoms with Crippen molar-refractivity contribution in [3.8, 4) is 5.88 Å². The Morgan fingerprint density at radius 1 is 1.27 bits per heavy atom. The zero-order valence-electron chi connectivity index (χ0n) is 12.5. The molecule has 1 aromatic heterocycles. The highest BCUT2D eigenvalue weighted by Gasteiger charge is 2.24. The molecule has 7 nitrogen and oxygen atoms in total. The predicted octanol–water partition coefficient (Wildman–Crippen LogP) is 2.83. The van der Waals surface area contributed by atoms with Gasteiger partial charge in [-0.2, -0.15) is 4.98 Å². The van der Waals surface area contributed by atoms with Crippen molar-refractivity contribution in [2.75, 3.05) is 11.9 Å². The minimum Gasteiger partial charge on any atom is -0.470 e. The van der Waals surface area contributed by atoms with Crippen LogP contribution in [0.1, 0.15) is 19.4 Å². The van der Waals surface area contributed by atoms with Crippen LogP contribution in [0.15, 0.2) is 36.7 Å². The lowest BCUT2D eigenvalue weighted by Gasteiger charge is -2.11. The van der Waals surface area contributed by atoms with E-state index in [2.05, 4.69) is 15.3 Å². The van der Waals surface area contributed by atoms with Gasteiger partial charge in [0.2, 0.25) is 5.82 Å². The van der Waals surface area contributed by atoms with Crippen LogP contribution < -0.4 is 10.1 Å². The maximum atomic E-state index is 11.3. The van der Waals surface area contributed by atoms with Crippen LogP contribution in [-0.4, -0.2) is 27.5 Å². The molecule has 1 N–H and O–H groups in total. The lowest BCUT2D eigenvalue weighted by Crippen LogP contribution is -2.13. The lowest BCUT2D eigenvalue weighted by molar-refractivity contribution is -0.385. The van der Waals surface area contributed by atoms with E-state index in [-0.39, 0.29) is 23.5 Å². The number of aromatic nitrogens is 2. The average molecular weight is 302 g/mol. The monoisotopic (exact) mass is 302 g/mol. The molecule has 0 saturated carbocycles. The van der Waals surface area contributed by atoms with Crippen molar-refractivity contribution in [2.24, 2.45) is 0 Å². The maximum absolute atomic E-state index is 11.3. The van der Waals surface area contributed by atoms with Crippen LogP contribution in [0.5, 0.6) is 5.88 Å². The Bertz CT molecular complexity index is 632. The molecule has 0 unspecified atom stereocenters. The Morgan fingerprint density at radius 2 is 2.00 bits per heavy atom. The molecule has 7 heteroatoms. The van der Waals surface area contributed by atoms with Gasteiger partial charge in [0.15, 0.2) is 0 Å². The molecule has 2 aromatic rings. The van der Waals surface area contributed by atoms with Crippen molar-refractivity contribution in [1.29, 1.82) is 0 Å². The fourth-order valence-corrected chi connectivity index (χ4v) is 1.94. The molecule has 0 aliphatic heterocycles. The molecule has 2 rings (SSSR count). The first-order valence-corrected chi connectivity index (χ1v) is 7.01. The van der Waals surface area contributed by atoms with Crippen molar-refractivity contribution in [3.05, 3.63) is 52.3 Å². The summed E-state index contributed by atoms with van der Waals surface area (Å²) in [5.41, 5.74) is 0.912. The van der Waals surface area contributed by atoms with Crippen LogP contribution in [0.25, 0.3) is 0 Å². The molecule has 116 valence electrons. The summed E-state index contributed by atoms with van der Waals surface area (Å²) in [5.74, 6) is 0.156. The molecule has 0 spiro atoms. The smallest absolute Gasteiger partial charge is 0.372 e. The highest BCUT2D eigenvalue weighted by molar-refractivity contribution is 5.61. The van der Waals surface area contributed by atoms with Gasteiger partial charge in [0.25, 0.3) is 5.88 Å². The third-order valence-corrected chi connectivity index (χ3v) is 2.87. The minimum absolute atomic E-state index is 0.0165. The van der Waals surface area contributed by atoms with E-state index >= 15 is 0 Å². The lowest BCUT2D eigenvalue weighted by atomic mass is 10.1. The second-order valence-corrected chi connectivity index (χ2v) is 4.96. The number of hydrogen-bond acceptors (Lipinski definition) is 6. The SMILES string of the molecule is CC(C)Oc1ncnc(NCCc2ccccc2)c1[N+](=O)[O-]. The van der Waals surface area contributed by atoms with Gasteiger partial charge in [-0.25, -0.2) is 4.98 Å². The van der Waals surface area contributed by atoms with Crippen LogP contribution in [0.4, 0.5) is 11.5 Å². The zero-order chi connectivity index (χ0) is 15.9. The van der Waals surface area contributed by atoms with Gasteiger partial charge in [0.1, 0.15) is 6.33 Å². The molecule has 0 bridgehead atoms. The molecule has 0 radical (unpaired) electrons. The molecular formula is C15H18N4O3. The first-order valence-electron chi connectivity index (χ1n) is 7.01. The second-order valence-electron chi connectivity index (χ2n) is 4.96. The summed E-state index contributed by atoms with van der Waals surface area (Å²) >= 11 is 0. The highest BCUT2D eigenvalue weighted by atomic mass is 16.6. The van der Waals surface area contributed by atoms with Gasteiger partial charge in [-0.05, 0) is 25.8 Å². The number of rotatable bonds is 7. The van der Waals surface area contributed by atoms with E-state index in [0.29, 0.717) is 6.54 Å². The Kier molecular flexibility index (Phi) is 5.24. The van der Waals surface area contributed by atoms with Gasteiger partial charge in [-0.1, -0.05) is 30.3 Å². The normalized spacial score (nSPS) is 10.5. The molecule has 0 fully saturated rings. The van der Waals surface area contributed by atoms with Crippen LogP contribution in [0.2, 0.25) is 0 Å². The number of benzene rings is 1. The molecule has 1 heterocycles. The summed E-state index contributed by atoms with van der Waals surface area (Å²) in [6.45, 7) is 4.10. The summed E-state index contributed by atoms with van der Waals surface area (Å²) in [4.78, 5) is 18.5. The molecule has 0 amide bonds. The Balaban J connectivity index is 2.11. The predicted molar refractivity (Wildman–Crippen MR) is 83.1 cm³/mol. The van der Waals surface area contributed by atoms with E-state index in [4.69, 9.17) is 4.74 Å². The summed E-state index contributed by atoms with van der Waals surface area (Å²) in [6.07, 6.45) is 1.79. The number of hydrogen-bond donors (Lipinski definition) is 1. The van der Waals surface area contributed by atoms with E-state index in [9.17, 15) is 10.1 Å².